The minimum Gasteiger partial charge on any atom is -0.455 e. The maximum atomic E-state index is 6.77. The highest BCUT2D eigenvalue weighted by molar-refractivity contribution is 6.23. The van der Waals surface area contributed by atoms with Gasteiger partial charge in [0.05, 0.1) is 11.0 Å². The van der Waals surface area contributed by atoms with Crippen LogP contribution in [0.3, 0.4) is 0 Å². The van der Waals surface area contributed by atoms with Gasteiger partial charge in [0.2, 0.25) is 0 Å². The van der Waals surface area contributed by atoms with Gasteiger partial charge in [-0.1, -0.05) is 127 Å². The molecule has 10 aromatic rings. The lowest BCUT2D eigenvalue weighted by molar-refractivity contribution is 0.670. The molecule has 0 unspecified atom stereocenters. The largest absolute Gasteiger partial charge is 0.455 e. The molecule has 0 atom stereocenters. The summed E-state index contributed by atoms with van der Waals surface area (Å²) in [5, 5.41) is 6.76. The lowest BCUT2D eigenvalue weighted by atomic mass is 9.89. The monoisotopic (exact) mass is 624 g/mol. The van der Waals surface area contributed by atoms with Crippen LogP contribution >= 0.6 is 0 Å². The topological polar surface area (TPSA) is 38.9 Å². The Balaban J connectivity index is 1.24. The van der Waals surface area contributed by atoms with Gasteiger partial charge in [0.25, 0.3) is 0 Å². The number of fused-ring (bicyclic) bond motifs is 9. The van der Waals surface area contributed by atoms with Crippen LogP contribution < -0.4 is 0 Å². The summed E-state index contributed by atoms with van der Waals surface area (Å²) in [6.07, 6.45) is 3.55. The fourth-order valence-corrected chi connectivity index (χ4v) is 7.45. The number of hydrogen-bond donors (Lipinski definition) is 0. The van der Waals surface area contributed by atoms with Gasteiger partial charge in [-0.2, -0.15) is 0 Å². The number of aromatic nitrogens is 2. The van der Waals surface area contributed by atoms with Gasteiger partial charge in [-0.05, 0) is 80.0 Å². The second kappa shape index (κ2) is 11.0. The Morgan fingerprint density at radius 2 is 0.898 bits per heavy atom. The van der Waals surface area contributed by atoms with Gasteiger partial charge in [0.1, 0.15) is 11.2 Å². The zero-order valence-electron chi connectivity index (χ0n) is 26.5. The Morgan fingerprint density at radius 1 is 0.327 bits per heavy atom. The summed E-state index contributed by atoms with van der Waals surface area (Å²) in [5.41, 5.74) is 12.8. The van der Waals surface area contributed by atoms with Crippen molar-refractivity contribution < 1.29 is 4.42 Å². The van der Waals surface area contributed by atoms with Gasteiger partial charge in [0.15, 0.2) is 0 Å². The van der Waals surface area contributed by atoms with E-state index < -0.39 is 0 Å². The Labute approximate surface area is 282 Å². The SMILES string of the molecule is c1ccc(-c2ccc3oc4c(-c5ccccc5-c5ccc6c(c5)c5ccccc5c5nccnc65)cc(-c5ccccc5)cc4c3c2)cc1. The highest BCUT2D eigenvalue weighted by Crippen LogP contribution is 2.44. The average Bonchev–Trinajstić information content (AvgIpc) is 3.56. The highest BCUT2D eigenvalue weighted by Gasteiger charge is 2.19. The molecule has 0 N–H and O–H groups in total. The summed E-state index contributed by atoms with van der Waals surface area (Å²) in [5.74, 6) is 0. The zero-order chi connectivity index (χ0) is 32.3. The van der Waals surface area contributed by atoms with E-state index in [-0.39, 0.29) is 0 Å². The first-order chi connectivity index (χ1) is 24.3. The molecule has 0 radical (unpaired) electrons. The third kappa shape index (κ3) is 4.44. The smallest absolute Gasteiger partial charge is 0.143 e. The van der Waals surface area contributed by atoms with Crippen molar-refractivity contribution in [3.63, 3.8) is 0 Å². The Bertz CT molecular complexity index is 2840. The number of benzene rings is 8. The van der Waals surface area contributed by atoms with Crippen LogP contribution in [0.15, 0.2) is 175 Å². The standard InChI is InChI=1S/C46H28N2O/c1-3-11-29(12-4-1)31-20-22-43-40(25-31)42-28-33(30-13-5-2-6-14-30)27-41(46(42)49-43)35-16-8-7-15-34(35)32-19-21-38-39(26-32)36-17-9-10-18-37(36)44-45(38)48-24-23-47-44/h1-28H. The van der Waals surface area contributed by atoms with Gasteiger partial charge in [-0.15, -0.1) is 0 Å². The number of rotatable bonds is 4. The molecular weight excluding hydrogens is 597 g/mol. The van der Waals surface area contributed by atoms with Crippen molar-refractivity contribution in [2.45, 2.75) is 0 Å². The Hall–Kier alpha value is -6.58. The Kier molecular flexibility index (Phi) is 6.18. The fourth-order valence-electron chi connectivity index (χ4n) is 7.45. The highest BCUT2D eigenvalue weighted by atomic mass is 16.3. The summed E-state index contributed by atoms with van der Waals surface area (Å²) in [4.78, 5) is 9.49. The molecule has 2 aromatic heterocycles. The summed E-state index contributed by atoms with van der Waals surface area (Å²) < 4.78 is 6.77. The maximum Gasteiger partial charge on any atom is 0.143 e. The summed E-state index contributed by atoms with van der Waals surface area (Å²) in [7, 11) is 0. The van der Waals surface area contributed by atoms with Gasteiger partial charge in [-0.3, -0.25) is 9.97 Å². The average molecular weight is 625 g/mol. The first-order valence-electron chi connectivity index (χ1n) is 16.6. The van der Waals surface area contributed by atoms with E-state index in [4.69, 9.17) is 14.4 Å². The fraction of sp³-hybridized carbons (Fsp3) is 0. The molecule has 0 aliphatic heterocycles. The van der Waals surface area contributed by atoms with Crippen molar-refractivity contribution >= 4 is 54.5 Å². The predicted molar refractivity (Wildman–Crippen MR) is 204 cm³/mol. The van der Waals surface area contributed by atoms with E-state index in [1.807, 2.05) is 0 Å². The van der Waals surface area contributed by atoms with Crippen molar-refractivity contribution in [1.82, 2.24) is 9.97 Å². The summed E-state index contributed by atoms with van der Waals surface area (Å²) >= 11 is 0. The molecule has 49 heavy (non-hydrogen) atoms. The molecule has 0 fully saturated rings. The first kappa shape index (κ1) is 27.5. The lowest BCUT2D eigenvalue weighted by Crippen LogP contribution is -1.90. The molecular formula is C46H28N2O. The molecule has 0 saturated carbocycles. The van der Waals surface area contributed by atoms with Crippen LogP contribution in [0.1, 0.15) is 0 Å². The molecule has 0 aliphatic carbocycles. The van der Waals surface area contributed by atoms with Gasteiger partial charge in [-0.25, -0.2) is 0 Å². The number of hydrogen-bond acceptors (Lipinski definition) is 3. The van der Waals surface area contributed by atoms with E-state index in [1.165, 1.54) is 22.1 Å². The minimum atomic E-state index is 0.879. The lowest BCUT2D eigenvalue weighted by Gasteiger charge is -2.15. The van der Waals surface area contributed by atoms with Crippen molar-refractivity contribution in [2.24, 2.45) is 0 Å². The maximum absolute atomic E-state index is 6.77. The van der Waals surface area contributed by atoms with E-state index in [0.717, 1.165) is 76.9 Å². The van der Waals surface area contributed by atoms with E-state index in [2.05, 4.69) is 158 Å². The van der Waals surface area contributed by atoms with Crippen molar-refractivity contribution in [2.75, 3.05) is 0 Å². The molecule has 0 aliphatic rings. The van der Waals surface area contributed by atoms with Crippen LogP contribution in [0.2, 0.25) is 0 Å². The molecule has 3 heteroatoms. The zero-order valence-corrected chi connectivity index (χ0v) is 26.5. The van der Waals surface area contributed by atoms with Crippen LogP contribution in [-0.2, 0) is 0 Å². The van der Waals surface area contributed by atoms with E-state index in [0.29, 0.717) is 0 Å². The molecule has 228 valence electrons. The van der Waals surface area contributed by atoms with E-state index in [1.54, 1.807) is 12.4 Å². The van der Waals surface area contributed by atoms with Gasteiger partial charge >= 0.3 is 0 Å². The quantitative estimate of drug-likeness (QED) is 0.183. The van der Waals surface area contributed by atoms with Crippen LogP contribution in [0, 0.1) is 0 Å². The van der Waals surface area contributed by atoms with Gasteiger partial charge in [0, 0.05) is 39.5 Å². The number of furan rings is 1. The second-order valence-electron chi connectivity index (χ2n) is 12.6. The molecule has 0 spiro atoms. The molecule has 8 aromatic carbocycles. The summed E-state index contributed by atoms with van der Waals surface area (Å²) in [6.45, 7) is 0. The van der Waals surface area contributed by atoms with Crippen molar-refractivity contribution in [3.8, 4) is 44.5 Å². The normalized spacial score (nSPS) is 11.7. The van der Waals surface area contributed by atoms with Crippen LogP contribution in [0.5, 0.6) is 0 Å². The predicted octanol–water partition coefficient (Wildman–Crippen LogP) is 12.5. The Morgan fingerprint density at radius 3 is 1.65 bits per heavy atom. The second-order valence-corrected chi connectivity index (χ2v) is 12.6. The molecule has 0 amide bonds. The van der Waals surface area contributed by atoms with Crippen molar-refractivity contribution in [3.05, 3.63) is 170 Å². The molecule has 0 saturated heterocycles. The first-order valence-corrected chi connectivity index (χ1v) is 16.6. The number of nitrogens with zero attached hydrogens (tertiary/aromatic N) is 2. The summed E-state index contributed by atoms with van der Waals surface area (Å²) in [6, 6.07) is 56.2. The van der Waals surface area contributed by atoms with E-state index in [9.17, 15) is 0 Å². The van der Waals surface area contributed by atoms with Crippen LogP contribution in [0.4, 0.5) is 0 Å². The van der Waals surface area contributed by atoms with Crippen LogP contribution in [-0.4, -0.2) is 9.97 Å². The molecule has 0 bridgehead atoms. The van der Waals surface area contributed by atoms with Crippen LogP contribution in [0.25, 0.3) is 99.0 Å². The van der Waals surface area contributed by atoms with Crippen molar-refractivity contribution in [1.29, 1.82) is 0 Å². The molecule has 3 nitrogen and oxygen atoms in total. The third-order valence-corrected chi connectivity index (χ3v) is 9.76. The molecule has 2 heterocycles. The van der Waals surface area contributed by atoms with Gasteiger partial charge < -0.3 is 4.42 Å². The van der Waals surface area contributed by atoms with E-state index >= 15 is 0 Å². The molecule has 10 rings (SSSR count). The third-order valence-electron chi connectivity index (χ3n) is 9.76. The minimum absolute atomic E-state index is 0.879.